The molecule has 0 amide bonds. The Bertz CT molecular complexity index is 1220. The Morgan fingerprint density at radius 3 is 2.35 bits per heavy atom. The second-order valence-electron chi connectivity index (χ2n) is 8.67. The number of aromatic hydroxyl groups is 1. The van der Waals surface area contributed by atoms with Crippen molar-refractivity contribution in [3.8, 4) is 28.1 Å². The molecular formula is C23H29Cl2N7OS. The largest absolute Gasteiger partial charge is 0.507 e. The zero-order valence-corrected chi connectivity index (χ0v) is 21.8. The van der Waals surface area contributed by atoms with Crippen LogP contribution >= 0.6 is 36.2 Å². The van der Waals surface area contributed by atoms with E-state index in [-0.39, 0.29) is 30.6 Å². The van der Waals surface area contributed by atoms with E-state index >= 15 is 0 Å². The van der Waals surface area contributed by atoms with Gasteiger partial charge in [0.15, 0.2) is 10.8 Å². The summed E-state index contributed by atoms with van der Waals surface area (Å²) >= 11 is 1.63. The number of phenolic OH excluding ortho intramolecular Hbond substituents is 1. The number of thiazole rings is 1. The molecule has 8 nitrogen and oxygen atoms in total. The van der Waals surface area contributed by atoms with Crippen molar-refractivity contribution in [3.05, 3.63) is 36.7 Å². The molecule has 0 unspecified atom stereocenters. The minimum Gasteiger partial charge on any atom is -0.507 e. The summed E-state index contributed by atoms with van der Waals surface area (Å²) in [7, 11) is 6.47. The van der Waals surface area contributed by atoms with Gasteiger partial charge in [-0.2, -0.15) is 10.1 Å². The number of hydrogen-bond donors (Lipinski definition) is 2. The molecular weight excluding hydrogens is 493 g/mol. The molecule has 2 N–H and O–H groups in total. The van der Waals surface area contributed by atoms with Crippen LogP contribution < -0.4 is 4.90 Å². The zero-order chi connectivity index (χ0) is 22.2. The lowest BCUT2D eigenvalue weighted by Gasteiger charge is -2.36. The summed E-state index contributed by atoms with van der Waals surface area (Å²) in [6.07, 6.45) is 8.29. The second-order valence-corrected chi connectivity index (χ2v) is 9.68. The smallest absolute Gasteiger partial charge is 0.194 e. The fourth-order valence-electron chi connectivity index (χ4n) is 4.47. The van der Waals surface area contributed by atoms with Crippen LogP contribution in [0.25, 0.3) is 32.7 Å². The molecule has 1 fully saturated rings. The highest BCUT2D eigenvalue weighted by atomic mass is 35.5. The molecule has 0 spiro atoms. The lowest BCUT2D eigenvalue weighted by Crippen LogP contribution is -2.40. The number of rotatable bonds is 5. The fourth-order valence-corrected chi connectivity index (χ4v) is 5.44. The first kappa shape index (κ1) is 26.2. The third-order valence-corrected chi connectivity index (χ3v) is 7.58. The molecule has 0 radical (unpaired) electrons. The van der Waals surface area contributed by atoms with Crippen molar-refractivity contribution >= 4 is 51.6 Å². The number of nitrogens with zero attached hydrogens (tertiary/aromatic N) is 6. The van der Waals surface area contributed by atoms with E-state index in [1.165, 1.54) is 25.7 Å². The third kappa shape index (κ3) is 5.12. The van der Waals surface area contributed by atoms with Crippen LogP contribution in [0.3, 0.4) is 0 Å². The predicted octanol–water partition coefficient (Wildman–Crippen LogP) is 5.00. The molecule has 11 heteroatoms. The average molecular weight is 523 g/mol. The van der Waals surface area contributed by atoms with E-state index in [9.17, 15) is 5.11 Å². The summed E-state index contributed by atoms with van der Waals surface area (Å²) in [6, 6.07) is 8.68. The number of aromatic nitrogens is 5. The van der Waals surface area contributed by atoms with Gasteiger partial charge in [-0.15, -0.1) is 35.0 Å². The molecule has 0 aliphatic heterocycles. The van der Waals surface area contributed by atoms with Crippen molar-refractivity contribution in [3.63, 3.8) is 0 Å². The van der Waals surface area contributed by atoms with E-state index in [0.29, 0.717) is 29.0 Å². The molecule has 0 bridgehead atoms. The first-order valence-electron chi connectivity index (χ1n) is 10.9. The normalized spacial score (nSPS) is 17.9. The summed E-state index contributed by atoms with van der Waals surface area (Å²) < 4.78 is 0.970. The Morgan fingerprint density at radius 2 is 1.71 bits per heavy atom. The van der Waals surface area contributed by atoms with Crippen LogP contribution in [-0.2, 0) is 0 Å². The molecule has 3 aromatic heterocycles. The van der Waals surface area contributed by atoms with Gasteiger partial charge in [0, 0.05) is 36.5 Å². The quantitative estimate of drug-likeness (QED) is 0.381. The number of benzene rings is 1. The standard InChI is InChI=1S/C23H27N7OS.2ClH/c1-29(2)16-5-7-17(8-6-16)30(3)23-26-22-21(32-23)11-19(27-28-22)18-9-4-14(10-20(18)31)15-12-24-25-13-15;;/h4,9-13,16-17,31H,5-8H2,1-3H3,(H,24,25);2*1H. The molecule has 4 aromatic rings. The van der Waals surface area contributed by atoms with Gasteiger partial charge in [-0.1, -0.05) is 17.4 Å². The second kappa shape index (κ2) is 10.9. The highest BCUT2D eigenvalue weighted by Crippen LogP contribution is 2.36. The summed E-state index contributed by atoms with van der Waals surface area (Å²) in [5, 5.41) is 27.0. The number of phenols is 1. The molecule has 1 saturated carbocycles. The van der Waals surface area contributed by atoms with Gasteiger partial charge in [-0.05, 0) is 63.5 Å². The van der Waals surface area contributed by atoms with E-state index in [2.05, 4.69) is 51.3 Å². The van der Waals surface area contributed by atoms with Gasteiger partial charge in [0.05, 0.1) is 16.6 Å². The molecule has 182 valence electrons. The van der Waals surface area contributed by atoms with Crippen LogP contribution in [0.2, 0.25) is 0 Å². The van der Waals surface area contributed by atoms with Crippen LogP contribution in [-0.4, -0.2) is 68.6 Å². The van der Waals surface area contributed by atoms with Crippen molar-refractivity contribution in [2.24, 2.45) is 0 Å². The number of anilines is 1. The van der Waals surface area contributed by atoms with Crippen LogP contribution in [0, 0.1) is 0 Å². The molecule has 5 rings (SSSR count). The number of fused-ring (bicyclic) bond motifs is 1. The maximum atomic E-state index is 10.6. The van der Waals surface area contributed by atoms with Crippen molar-refractivity contribution < 1.29 is 5.11 Å². The topological polar surface area (TPSA) is 94.1 Å². The van der Waals surface area contributed by atoms with E-state index in [1.807, 2.05) is 18.2 Å². The van der Waals surface area contributed by atoms with Gasteiger partial charge < -0.3 is 14.9 Å². The van der Waals surface area contributed by atoms with Crippen LogP contribution in [0.5, 0.6) is 5.75 Å². The van der Waals surface area contributed by atoms with Crippen LogP contribution in [0.15, 0.2) is 36.7 Å². The van der Waals surface area contributed by atoms with Gasteiger partial charge in [0.2, 0.25) is 0 Å². The summed E-state index contributed by atoms with van der Waals surface area (Å²) in [4.78, 5) is 9.37. The number of H-pyrrole nitrogens is 1. The highest BCUT2D eigenvalue weighted by Gasteiger charge is 2.26. The molecule has 3 heterocycles. The first-order chi connectivity index (χ1) is 15.5. The van der Waals surface area contributed by atoms with Crippen LogP contribution in [0.1, 0.15) is 25.7 Å². The molecule has 0 atom stereocenters. The van der Waals surface area contributed by atoms with Crippen molar-refractivity contribution in [1.29, 1.82) is 0 Å². The molecule has 1 aliphatic carbocycles. The average Bonchev–Trinajstić information content (AvgIpc) is 3.48. The van der Waals surface area contributed by atoms with Gasteiger partial charge >= 0.3 is 0 Å². The minimum atomic E-state index is 0. The van der Waals surface area contributed by atoms with Crippen molar-refractivity contribution in [2.45, 2.75) is 37.8 Å². The van der Waals surface area contributed by atoms with Crippen molar-refractivity contribution in [1.82, 2.24) is 30.3 Å². The Balaban J connectivity index is 0.00000162. The SMILES string of the molecule is CN(C)C1CCC(N(C)c2nc3nnc(-c4ccc(-c5cn[nH]c5)cc4O)cc3s2)CC1.Cl.Cl. The van der Waals surface area contributed by atoms with Gasteiger partial charge in [0.1, 0.15) is 5.75 Å². The predicted molar refractivity (Wildman–Crippen MR) is 143 cm³/mol. The van der Waals surface area contributed by atoms with Gasteiger partial charge in [-0.3, -0.25) is 5.10 Å². The van der Waals surface area contributed by atoms with E-state index < -0.39 is 0 Å². The fraction of sp³-hybridized carbons (Fsp3) is 0.391. The molecule has 1 aromatic carbocycles. The number of hydrogen-bond acceptors (Lipinski definition) is 8. The first-order valence-corrected chi connectivity index (χ1v) is 11.7. The zero-order valence-electron chi connectivity index (χ0n) is 19.3. The van der Waals surface area contributed by atoms with Gasteiger partial charge in [0.25, 0.3) is 0 Å². The van der Waals surface area contributed by atoms with E-state index in [1.54, 1.807) is 29.8 Å². The highest BCUT2D eigenvalue weighted by molar-refractivity contribution is 7.22. The Morgan fingerprint density at radius 1 is 0.971 bits per heavy atom. The Hall–Kier alpha value is -2.46. The Kier molecular flexibility index (Phi) is 8.35. The molecule has 1 aliphatic rings. The summed E-state index contributed by atoms with van der Waals surface area (Å²) in [5.41, 5.74) is 3.75. The van der Waals surface area contributed by atoms with Crippen LogP contribution in [0.4, 0.5) is 5.13 Å². The maximum Gasteiger partial charge on any atom is 0.194 e. The van der Waals surface area contributed by atoms with E-state index in [4.69, 9.17) is 4.98 Å². The number of nitrogens with one attached hydrogen (secondary N) is 1. The lowest BCUT2D eigenvalue weighted by molar-refractivity contribution is 0.215. The minimum absolute atomic E-state index is 0. The maximum absolute atomic E-state index is 10.6. The molecule has 34 heavy (non-hydrogen) atoms. The third-order valence-electron chi connectivity index (χ3n) is 6.49. The van der Waals surface area contributed by atoms with Crippen molar-refractivity contribution in [2.75, 3.05) is 26.0 Å². The van der Waals surface area contributed by atoms with Gasteiger partial charge in [-0.25, -0.2) is 0 Å². The lowest BCUT2D eigenvalue weighted by atomic mass is 9.90. The monoisotopic (exact) mass is 521 g/mol. The summed E-state index contributed by atoms with van der Waals surface area (Å²) in [5.74, 6) is 0.164. The number of halogens is 2. The van der Waals surface area contributed by atoms with E-state index in [0.717, 1.165) is 21.0 Å². The summed E-state index contributed by atoms with van der Waals surface area (Å²) in [6.45, 7) is 0. The Labute approximate surface area is 215 Å². The molecule has 0 saturated heterocycles. The number of aromatic amines is 1.